The van der Waals surface area contributed by atoms with E-state index in [1.807, 2.05) is 12.1 Å². The van der Waals surface area contributed by atoms with Crippen LogP contribution in [0.4, 0.5) is 4.39 Å². The number of hydrogen-bond acceptors (Lipinski definition) is 3. The number of amides is 1. The largest absolute Gasteiger partial charge is 0.496 e. The molecule has 3 rings (SSSR count). The van der Waals surface area contributed by atoms with Crippen molar-refractivity contribution in [3.63, 3.8) is 0 Å². The van der Waals surface area contributed by atoms with Crippen LogP contribution in [-0.4, -0.2) is 31.1 Å². The number of ether oxygens (including phenoxy) is 1. The first-order chi connectivity index (χ1) is 13.5. The lowest BCUT2D eigenvalue weighted by molar-refractivity contribution is 0.0943. The van der Waals surface area contributed by atoms with Crippen molar-refractivity contribution in [1.29, 1.82) is 0 Å². The fourth-order valence-corrected chi connectivity index (χ4v) is 3.24. The molecule has 1 amide bonds. The second kappa shape index (κ2) is 8.89. The van der Waals surface area contributed by atoms with Crippen LogP contribution in [0.15, 0.2) is 42.5 Å². The molecular weight excluding hydrogens is 357 g/mol. The van der Waals surface area contributed by atoms with E-state index >= 15 is 0 Å². The van der Waals surface area contributed by atoms with Crippen molar-refractivity contribution < 1.29 is 13.9 Å². The lowest BCUT2D eigenvalue weighted by atomic mass is 10.0. The van der Waals surface area contributed by atoms with E-state index in [9.17, 15) is 9.18 Å². The van der Waals surface area contributed by atoms with Crippen molar-refractivity contribution >= 4 is 16.8 Å². The van der Waals surface area contributed by atoms with E-state index in [1.54, 1.807) is 25.3 Å². The molecule has 1 heterocycles. The van der Waals surface area contributed by atoms with E-state index in [-0.39, 0.29) is 11.7 Å². The molecule has 0 radical (unpaired) electrons. The number of rotatable bonds is 8. The minimum Gasteiger partial charge on any atom is -0.496 e. The van der Waals surface area contributed by atoms with Crippen molar-refractivity contribution in [2.24, 2.45) is 11.7 Å². The van der Waals surface area contributed by atoms with Crippen molar-refractivity contribution in [2.45, 2.75) is 19.8 Å². The normalized spacial score (nSPS) is 12.1. The van der Waals surface area contributed by atoms with Crippen molar-refractivity contribution in [1.82, 2.24) is 10.3 Å². The lowest BCUT2D eigenvalue weighted by Gasteiger charge is -2.11. The Balaban J connectivity index is 1.84. The van der Waals surface area contributed by atoms with Gasteiger partial charge in [0, 0.05) is 11.9 Å². The van der Waals surface area contributed by atoms with Gasteiger partial charge in [0.05, 0.1) is 12.6 Å². The van der Waals surface area contributed by atoms with Crippen LogP contribution in [0, 0.1) is 11.7 Å². The average molecular weight is 383 g/mol. The summed E-state index contributed by atoms with van der Waals surface area (Å²) in [5, 5.41) is 3.79. The molecule has 0 aliphatic heterocycles. The number of carbonyl (C=O) groups is 1. The summed E-state index contributed by atoms with van der Waals surface area (Å²) in [7, 11) is 1.59. The molecule has 6 heteroatoms. The summed E-state index contributed by atoms with van der Waals surface area (Å²) in [6, 6.07) is 11.9. The molecular formula is C22H26FN3O2. The summed E-state index contributed by atoms with van der Waals surface area (Å²) in [5.74, 6) is 0.595. The zero-order valence-corrected chi connectivity index (χ0v) is 16.2. The lowest BCUT2D eigenvalue weighted by Crippen LogP contribution is -2.28. The number of nitrogens with two attached hydrogens (primary N) is 1. The molecule has 0 saturated heterocycles. The monoisotopic (exact) mass is 383 g/mol. The second-order valence-electron chi connectivity index (χ2n) is 7.08. The van der Waals surface area contributed by atoms with Gasteiger partial charge in [0.2, 0.25) is 0 Å². The number of nitrogens with one attached hydrogen (secondary N) is 2. The van der Waals surface area contributed by atoms with Gasteiger partial charge in [-0.15, -0.1) is 0 Å². The van der Waals surface area contributed by atoms with Crippen LogP contribution >= 0.6 is 0 Å². The molecule has 0 unspecified atom stereocenters. The van der Waals surface area contributed by atoms with Gasteiger partial charge in [0.25, 0.3) is 5.91 Å². The molecule has 1 atom stereocenters. The topological polar surface area (TPSA) is 80.1 Å². The van der Waals surface area contributed by atoms with Gasteiger partial charge >= 0.3 is 0 Å². The van der Waals surface area contributed by atoms with Gasteiger partial charge in [-0.05, 0) is 66.8 Å². The maximum absolute atomic E-state index is 13.2. The first-order valence-electron chi connectivity index (χ1n) is 9.46. The summed E-state index contributed by atoms with van der Waals surface area (Å²) in [6.07, 6.45) is 1.94. The van der Waals surface area contributed by atoms with Crippen molar-refractivity contribution in [3.8, 4) is 16.9 Å². The molecule has 0 aliphatic rings. The fraction of sp³-hybridized carbons (Fsp3) is 0.318. The third-order valence-electron chi connectivity index (χ3n) is 4.85. The molecule has 2 aromatic carbocycles. The molecule has 1 aromatic heterocycles. The number of halogens is 1. The summed E-state index contributed by atoms with van der Waals surface area (Å²) in [5.41, 5.74) is 8.56. The summed E-state index contributed by atoms with van der Waals surface area (Å²) >= 11 is 0. The maximum atomic E-state index is 13.2. The second-order valence-corrected chi connectivity index (χ2v) is 7.08. The highest BCUT2D eigenvalue weighted by atomic mass is 19.1. The standard InChI is InChI=1S/C22H26FN3O2/c1-14(4-3-9-24)13-25-22(27)20-12-18-19(26-20)10-16(11-21(18)28-2)15-5-7-17(23)8-6-15/h5-8,10-12,14,26H,3-4,9,13,24H2,1-2H3,(H,25,27)/t14-/m1/s1. The van der Waals surface area contributed by atoms with E-state index < -0.39 is 0 Å². The summed E-state index contributed by atoms with van der Waals surface area (Å²) in [4.78, 5) is 15.7. The van der Waals surface area contributed by atoms with E-state index in [4.69, 9.17) is 10.5 Å². The molecule has 4 N–H and O–H groups in total. The molecule has 3 aromatic rings. The third-order valence-corrected chi connectivity index (χ3v) is 4.85. The number of H-pyrrole nitrogens is 1. The summed E-state index contributed by atoms with van der Waals surface area (Å²) < 4.78 is 18.7. The predicted octanol–water partition coefficient (Wildman–Crippen LogP) is 4.09. The molecule has 0 aliphatic carbocycles. The molecule has 0 fully saturated rings. The third kappa shape index (κ3) is 4.51. The fourth-order valence-electron chi connectivity index (χ4n) is 3.24. The zero-order valence-electron chi connectivity index (χ0n) is 16.2. The molecule has 148 valence electrons. The molecule has 5 nitrogen and oxygen atoms in total. The van der Waals surface area contributed by atoms with Gasteiger partial charge < -0.3 is 20.8 Å². The Kier molecular flexibility index (Phi) is 6.31. The van der Waals surface area contributed by atoms with Crippen LogP contribution in [0.3, 0.4) is 0 Å². The molecule has 0 spiro atoms. The van der Waals surface area contributed by atoms with Crippen LogP contribution in [0.2, 0.25) is 0 Å². The highest BCUT2D eigenvalue weighted by Crippen LogP contribution is 2.33. The van der Waals surface area contributed by atoms with E-state index in [0.717, 1.165) is 34.9 Å². The maximum Gasteiger partial charge on any atom is 0.267 e. The van der Waals surface area contributed by atoms with E-state index in [2.05, 4.69) is 17.2 Å². The molecule has 0 saturated carbocycles. The van der Waals surface area contributed by atoms with Crippen LogP contribution < -0.4 is 15.8 Å². The number of methoxy groups -OCH3 is 1. The number of aromatic amines is 1. The van der Waals surface area contributed by atoms with Crippen molar-refractivity contribution in [3.05, 3.63) is 54.0 Å². The predicted molar refractivity (Wildman–Crippen MR) is 110 cm³/mol. The Labute approximate surface area is 164 Å². The minimum atomic E-state index is -0.281. The van der Waals surface area contributed by atoms with Gasteiger partial charge in [-0.2, -0.15) is 0 Å². The number of aromatic nitrogens is 1. The number of hydrogen-bond donors (Lipinski definition) is 3. The minimum absolute atomic E-state index is 0.152. The van der Waals surface area contributed by atoms with Gasteiger partial charge in [-0.25, -0.2) is 4.39 Å². The van der Waals surface area contributed by atoms with Crippen LogP contribution in [-0.2, 0) is 0 Å². The summed E-state index contributed by atoms with van der Waals surface area (Å²) in [6.45, 7) is 3.36. The Bertz CT molecular complexity index is 950. The molecule has 28 heavy (non-hydrogen) atoms. The quantitative estimate of drug-likeness (QED) is 0.548. The van der Waals surface area contributed by atoms with Gasteiger partial charge in [-0.3, -0.25) is 4.79 Å². The highest BCUT2D eigenvalue weighted by Gasteiger charge is 2.15. The smallest absolute Gasteiger partial charge is 0.267 e. The number of benzene rings is 2. The Hall–Kier alpha value is -2.86. The molecule has 0 bridgehead atoms. The Morgan fingerprint density at radius 3 is 2.64 bits per heavy atom. The highest BCUT2D eigenvalue weighted by molar-refractivity contribution is 6.01. The Morgan fingerprint density at radius 2 is 1.96 bits per heavy atom. The van der Waals surface area contributed by atoms with E-state index in [0.29, 0.717) is 30.5 Å². The first kappa shape index (κ1) is 19.9. The number of carbonyl (C=O) groups excluding carboxylic acids is 1. The van der Waals surface area contributed by atoms with Crippen LogP contribution in [0.1, 0.15) is 30.3 Å². The average Bonchev–Trinajstić information content (AvgIpc) is 3.14. The van der Waals surface area contributed by atoms with Gasteiger partial charge in [-0.1, -0.05) is 19.1 Å². The SMILES string of the molecule is COc1cc(-c2ccc(F)cc2)cc2[nH]c(C(=O)NC[C@H](C)CCCN)cc12. The van der Waals surface area contributed by atoms with Gasteiger partial charge in [0.15, 0.2) is 0 Å². The zero-order chi connectivity index (χ0) is 20.1. The van der Waals surface area contributed by atoms with Crippen LogP contribution in [0.5, 0.6) is 5.75 Å². The Morgan fingerprint density at radius 1 is 1.21 bits per heavy atom. The number of fused-ring (bicyclic) bond motifs is 1. The van der Waals surface area contributed by atoms with Gasteiger partial charge in [0.1, 0.15) is 17.3 Å². The first-order valence-corrected chi connectivity index (χ1v) is 9.46. The van der Waals surface area contributed by atoms with Crippen molar-refractivity contribution in [2.75, 3.05) is 20.2 Å². The van der Waals surface area contributed by atoms with Crippen LogP contribution in [0.25, 0.3) is 22.0 Å². The van der Waals surface area contributed by atoms with E-state index in [1.165, 1.54) is 12.1 Å².